The lowest BCUT2D eigenvalue weighted by atomic mass is 10.5. The second-order valence-corrected chi connectivity index (χ2v) is 1.92. The Morgan fingerprint density at radius 1 is 1.00 bits per heavy atom. The molecule has 62 valence electrons. The predicted octanol–water partition coefficient (Wildman–Crippen LogP) is 0.391. The number of aliphatic hydroxyl groups is 2. The maximum absolute atomic E-state index is 8.74. The molecule has 0 aromatic rings. The normalized spacial score (nSPS) is 16.8. The van der Waals surface area contributed by atoms with Crippen molar-refractivity contribution in [2.45, 2.75) is 39.3 Å². The fourth-order valence-electron chi connectivity index (χ4n) is 0.264. The molecule has 10 heavy (non-hydrogen) atoms. The van der Waals surface area contributed by atoms with Crippen LogP contribution < -0.4 is 0 Å². The van der Waals surface area contributed by atoms with Crippen molar-refractivity contribution < 1.29 is 20.0 Å². The summed E-state index contributed by atoms with van der Waals surface area (Å²) in [5, 5.41) is 17.5. The fraction of sp³-hybridized carbons (Fsp3) is 1.00. The summed E-state index contributed by atoms with van der Waals surface area (Å²) >= 11 is 0. The van der Waals surface area contributed by atoms with Gasteiger partial charge in [-0.15, -0.1) is 0 Å². The van der Waals surface area contributed by atoms with E-state index in [1.807, 2.05) is 0 Å². The predicted molar refractivity (Wildman–Crippen MR) is 34.8 cm³/mol. The van der Waals surface area contributed by atoms with Gasteiger partial charge in [-0.25, -0.2) is 9.78 Å². The molecule has 0 saturated heterocycles. The van der Waals surface area contributed by atoms with Gasteiger partial charge in [-0.05, 0) is 12.8 Å². The molecule has 2 unspecified atom stereocenters. The smallest absolute Gasteiger partial charge is 0.188 e. The van der Waals surface area contributed by atoms with Gasteiger partial charge in [-0.1, -0.05) is 13.8 Å². The van der Waals surface area contributed by atoms with Crippen LogP contribution in [0.15, 0.2) is 0 Å². The van der Waals surface area contributed by atoms with E-state index < -0.39 is 12.6 Å². The average Bonchev–Trinajstić information content (AvgIpc) is 1.99. The highest BCUT2D eigenvalue weighted by Gasteiger charge is 2.05. The van der Waals surface area contributed by atoms with E-state index in [2.05, 4.69) is 9.78 Å². The number of hydrogen-bond donors (Lipinski definition) is 2. The van der Waals surface area contributed by atoms with Gasteiger partial charge in [0.2, 0.25) is 0 Å². The summed E-state index contributed by atoms with van der Waals surface area (Å²) < 4.78 is 0. The third kappa shape index (κ3) is 4.69. The number of aliphatic hydroxyl groups excluding tert-OH is 2. The molecule has 0 saturated carbocycles. The summed E-state index contributed by atoms with van der Waals surface area (Å²) in [4.78, 5) is 8.70. The summed E-state index contributed by atoms with van der Waals surface area (Å²) in [5.74, 6) is 0. The van der Waals surface area contributed by atoms with Gasteiger partial charge < -0.3 is 10.2 Å². The second-order valence-electron chi connectivity index (χ2n) is 1.92. The first-order valence-electron chi connectivity index (χ1n) is 3.39. The van der Waals surface area contributed by atoms with Crippen molar-refractivity contribution in [3.8, 4) is 0 Å². The summed E-state index contributed by atoms with van der Waals surface area (Å²) in [6, 6.07) is 0. The summed E-state index contributed by atoms with van der Waals surface area (Å²) in [6.07, 6.45) is -1.00. The lowest BCUT2D eigenvalue weighted by molar-refractivity contribution is -0.423. The van der Waals surface area contributed by atoms with E-state index >= 15 is 0 Å². The van der Waals surface area contributed by atoms with Crippen LogP contribution in [0.3, 0.4) is 0 Å². The van der Waals surface area contributed by atoms with E-state index in [1.54, 1.807) is 13.8 Å². The largest absolute Gasteiger partial charge is 0.366 e. The van der Waals surface area contributed by atoms with Crippen LogP contribution >= 0.6 is 0 Å². The average molecular weight is 150 g/mol. The highest BCUT2D eigenvalue weighted by atomic mass is 17.2. The first kappa shape index (κ1) is 9.84. The molecule has 0 heterocycles. The van der Waals surface area contributed by atoms with Crippen LogP contribution in [0.4, 0.5) is 0 Å². The molecule has 0 rings (SSSR count). The van der Waals surface area contributed by atoms with Crippen LogP contribution in [-0.4, -0.2) is 22.8 Å². The van der Waals surface area contributed by atoms with Crippen molar-refractivity contribution in [2.24, 2.45) is 0 Å². The Labute approximate surface area is 60.3 Å². The zero-order valence-corrected chi connectivity index (χ0v) is 6.28. The SMILES string of the molecule is CCC(O)OOC(O)CC. The Balaban J connectivity index is 3.17. The van der Waals surface area contributed by atoms with Crippen molar-refractivity contribution in [1.82, 2.24) is 0 Å². The lowest BCUT2D eigenvalue weighted by Crippen LogP contribution is -2.17. The molecular formula is C6H14O4. The van der Waals surface area contributed by atoms with E-state index in [9.17, 15) is 0 Å². The van der Waals surface area contributed by atoms with Gasteiger partial charge in [0.05, 0.1) is 0 Å². The molecular weight excluding hydrogens is 136 g/mol. The number of rotatable bonds is 5. The van der Waals surface area contributed by atoms with E-state index in [0.29, 0.717) is 12.8 Å². The summed E-state index contributed by atoms with van der Waals surface area (Å²) in [7, 11) is 0. The third-order valence-electron chi connectivity index (χ3n) is 0.976. The van der Waals surface area contributed by atoms with E-state index in [1.165, 1.54) is 0 Å². The van der Waals surface area contributed by atoms with Crippen LogP contribution in [-0.2, 0) is 9.78 Å². The fourth-order valence-corrected chi connectivity index (χ4v) is 0.264. The molecule has 4 nitrogen and oxygen atoms in total. The van der Waals surface area contributed by atoms with Crippen molar-refractivity contribution in [1.29, 1.82) is 0 Å². The van der Waals surface area contributed by atoms with Gasteiger partial charge in [0.15, 0.2) is 12.6 Å². The first-order valence-corrected chi connectivity index (χ1v) is 3.39. The Morgan fingerprint density at radius 3 is 1.50 bits per heavy atom. The Morgan fingerprint density at radius 2 is 1.30 bits per heavy atom. The maximum atomic E-state index is 8.74. The quantitative estimate of drug-likeness (QED) is 0.338. The van der Waals surface area contributed by atoms with Crippen molar-refractivity contribution in [3.63, 3.8) is 0 Å². The molecule has 0 bridgehead atoms. The Hall–Kier alpha value is -0.160. The highest BCUT2D eigenvalue weighted by Crippen LogP contribution is 1.98. The highest BCUT2D eigenvalue weighted by molar-refractivity contribution is 4.29. The molecule has 0 aliphatic rings. The van der Waals surface area contributed by atoms with E-state index in [4.69, 9.17) is 10.2 Å². The number of hydrogen-bond acceptors (Lipinski definition) is 4. The van der Waals surface area contributed by atoms with Crippen LogP contribution in [0.25, 0.3) is 0 Å². The minimum absolute atomic E-state index is 0.441. The molecule has 4 heteroatoms. The van der Waals surface area contributed by atoms with Crippen molar-refractivity contribution in [2.75, 3.05) is 0 Å². The zero-order chi connectivity index (χ0) is 7.98. The topological polar surface area (TPSA) is 58.9 Å². The van der Waals surface area contributed by atoms with Crippen LogP contribution in [0.2, 0.25) is 0 Å². The molecule has 0 fully saturated rings. The Kier molecular flexibility index (Phi) is 5.52. The van der Waals surface area contributed by atoms with Gasteiger partial charge in [0.1, 0.15) is 0 Å². The third-order valence-corrected chi connectivity index (χ3v) is 0.976. The van der Waals surface area contributed by atoms with Crippen molar-refractivity contribution >= 4 is 0 Å². The van der Waals surface area contributed by atoms with Crippen molar-refractivity contribution in [3.05, 3.63) is 0 Å². The van der Waals surface area contributed by atoms with E-state index in [-0.39, 0.29) is 0 Å². The van der Waals surface area contributed by atoms with Gasteiger partial charge in [0, 0.05) is 0 Å². The first-order chi connectivity index (χ1) is 4.70. The zero-order valence-electron chi connectivity index (χ0n) is 6.28. The van der Waals surface area contributed by atoms with Gasteiger partial charge in [-0.2, -0.15) is 0 Å². The molecule has 0 spiro atoms. The molecule has 0 aliphatic carbocycles. The van der Waals surface area contributed by atoms with Gasteiger partial charge in [-0.3, -0.25) is 0 Å². The minimum atomic E-state index is -0.943. The molecule has 2 N–H and O–H groups in total. The second kappa shape index (κ2) is 5.61. The molecule has 2 atom stereocenters. The van der Waals surface area contributed by atoms with Crippen LogP contribution in [0.1, 0.15) is 26.7 Å². The van der Waals surface area contributed by atoms with Crippen LogP contribution in [0, 0.1) is 0 Å². The summed E-state index contributed by atoms with van der Waals surface area (Å²) in [5.41, 5.74) is 0. The molecule has 0 amide bonds. The molecule has 0 aliphatic heterocycles. The molecule has 0 aromatic carbocycles. The minimum Gasteiger partial charge on any atom is -0.366 e. The van der Waals surface area contributed by atoms with Gasteiger partial charge in [0.25, 0.3) is 0 Å². The maximum Gasteiger partial charge on any atom is 0.188 e. The standard InChI is InChI=1S/C6H14O4/c1-3-5(7)9-10-6(8)4-2/h5-8H,3-4H2,1-2H3. The molecule has 0 radical (unpaired) electrons. The Bertz CT molecular complexity index is 66.1. The van der Waals surface area contributed by atoms with Gasteiger partial charge >= 0.3 is 0 Å². The lowest BCUT2D eigenvalue weighted by Gasteiger charge is -2.11. The molecule has 0 aromatic heterocycles. The monoisotopic (exact) mass is 150 g/mol. The van der Waals surface area contributed by atoms with Crippen LogP contribution in [0.5, 0.6) is 0 Å². The van der Waals surface area contributed by atoms with E-state index in [0.717, 1.165) is 0 Å². The summed E-state index contributed by atoms with van der Waals surface area (Å²) in [6.45, 7) is 3.48.